The number of hydrogen-bond acceptors (Lipinski definition) is 3. The predicted octanol–water partition coefficient (Wildman–Crippen LogP) is 0.785. The summed E-state index contributed by atoms with van der Waals surface area (Å²) in [7, 11) is 0. The van der Waals surface area contributed by atoms with Crippen LogP contribution < -0.4 is 0 Å². The molecule has 0 amide bonds. The first kappa shape index (κ1) is 8.48. The Bertz CT molecular complexity index is 145. The fourth-order valence-corrected chi connectivity index (χ4v) is 2.14. The molecule has 12 heavy (non-hydrogen) atoms. The largest absolute Gasteiger partial charge is 0.389 e. The molecule has 0 spiro atoms. The fourth-order valence-electron chi connectivity index (χ4n) is 2.14. The maximum absolute atomic E-state index is 9.21. The highest BCUT2D eigenvalue weighted by molar-refractivity contribution is 4.72. The van der Waals surface area contributed by atoms with Crippen molar-refractivity contribution < 1.29 is 9.94 Å². The number of nitrogens with zero attached hydrogens (tertiary/aromatic N) is 1. The molecule has 1 aliphatic carbocycles. The van der Waals surface area contributed by atoms with Crippen LogP contribution >= 0.6 is 0 Å². The van der Waals surface area contributed by atoms with E-state index in [1.165, 1.54) is 25.7 Å². The van der Waals surface area contributed by atoms with Gasteiger partial charge in [-0.3, -0.25) is 4.84 Å². The molecular formula is C9H17NO2. The maximum atomic E-state index is 9.21. The Hall–Kier alpha value is -0.120. The highest BCUT2D eigenvalue weighted by Crippen LogP contribution is 2.26. The van der Waals surface area contributed by atoms with E-state index >= 15 is 0 Å². The van der Waals surface area contributed by atoms with Crippen molar-refractivity contribution in [3.63, 3.8) is 0 Å². The lowest BCUT2D eigenvalue weighted by Crippen LogP contribution is -2.26. The van der Waals surface area contributed by atoms with Crippen molar-refractivity contribution in [1.82, 2.24) is 5.06 Å². The third-order valence-electron chi connectivity index (χ3n) is 2.80. The summed E-state index contributed by atoms with van der Waals surface area (Å²) in [5, 5.41) is 11.1. The van der Waals surface area contributed by atoms with Gasteiger partial charge in [-0.25, -0.2) is 0 Å². The van der Waals surface area contributed by atoms with E-state index in [-0.39, 0.29) is 6.10 Å². The molecule has 0 radical (unpaired) electrons. The Morgan fingerprint density at radius 1 is 1.33 bits per heavy atom. The molecule has 3 nitrogen and oxygen atoms in total. The molecular weight excluding hydrogens is 154 g/mol. The van der Waals surface area contributed by atoms with Gasteiger partial charge < -0.3 is 5.11 Å². The minimum absolute atomic E-state index is 0.258. The van der Waals surface area contributed by atoms with E-state index < -0.39 is 0 Å². The zero-order valence-corrected chi connectivity index (χ0v) is 7.41. The van der Waals surface area contributed by atoms with Crippen LogP contribution in [-0.4, -0.2) is 36.0 Å². The van der Waals surface area contributed by atoms with Gasteiger partial charge in [-0.15, -0.1) is 0 Å². The lowest BCUT2D eigenvalue weighted by atomic mass is 10.1. The molecule has 3 heteroatoms. The van der Waals surface area contributed by atoms with E-state index in [9.17, 15) is 5.11 Å². The molecule has 2 fully saturated rings. The third kappa shape index (κ3) is 1.97. The quantitative estimate of drug-likeness (QED) is 0.666. The molecule has 1 aliphatic heterocycles. The first-order valence-electron chi connectivity index (χ1n) is 4.90. The van der Waals surface area contributed by atoms with Gasteiger partial charge in [0.15, 0.2) is 0 Å². The summed E-state index contributed by atoms with van der Waals surface area (Å²) >= 11 is 0. The van der Waals surface area contributed by atoms with E-state index in [2.05, 4.69) is 0 Å². The summed E-state index contributed by atoms with van der Waals surface area (Å²) in [5.41, 5.74) is 0. The molecule has 0 aromatic rings. The van der Waals surface area contributed by atoms with Crippen LogP contribution in [-0.2, 0) is 4.84 Å². The van der Waals surface area contributed by atoms with E-state index in [0.29, 0.717) is 13.2 Å². The number of aliphatic hydroxyl groups is 1. The second-order valence-corrected chi connectivity index (χ2v) is 3.95. The topological polar surface area (TPSA) is 32.7 Å². The number of hydrogen-bond donors (Lipinski definition) is 1. The van der Waals surface area contributed by atoms with Crippen LogP contribution in [0.5, 0.6) is 0 Å². The van der Waals surface area contributed by atoms with E-state index in [0.717, 1.165) is 12.5 Å². The van der Waals surface area contributed by atoms with Crippen LogP contribution in [0.25, 0.3) is 0 Å². The van der Waals surface area contributed by atoms with Crippen LogP contribution in [0.1, 0.15) is 25.7 Å². The Kier molecular flexibility index (Phi) is 2.63. The van der Waals surface area contributed by atoms with Gasteiger partial charge in [0.25, 0.3) is 0 Å². The normalized spacial score (nSPS) is 33.2. The van der Waals surface area contributed by atoms with Crippen LogP contribution in [0.2, 0.25) is 0 Å². The average molecular weight is 171 g/mol. The number of hydroxylamine groups is 2. The van der Waals surface area contributed by atoms with Gasteiger partial charge in [0, 0.05) is 6.54 Å². The molecule has 1 N–H and O–H groups in total. The molecule has 2 aliphatic rings. The van der Waals surface area contributed by atoms with Gasteiger partial charge in [0.05, 0.1) is 19.3 Å². The summed E-state index contributed by atoms with van der Waals surface area (Å²) < 4.78 is 0. The Labute approximate surface area is 73.3 Å². The van der Waals surface area contributed by atoms with Crippen molar-refractivity contribution in [2.24, 2.45) is 5.92 Å². The number of rotatable bonds is 2. The van der Waals surface area contributed by atoms with Crippen molar-refractivity contribution in [3.05, 3.63) is 0 Å². The highest BCUT2D eigenvalue weighted by atomic mass is 16.7. The molecule has 1 heterocycles. The average Bonchev–Trinajstić information content (AvgIpc) is 2.63. The lowest BCUT2D eigenvalue weighted by Gasteiger charge is -2.17. The molecule has 70 valence electrons. The van der Waals surface area contributed by atoms with Gasteiger partial charge in [-0.1, -0.05) is 12.8 Å². The van der Waals surface area contributed by atoms with E-state index in [1.54, 1.807) is 0 Å². The van der Waals surface area contributed by atoms with Crippen molar-refractivity contribution in [2.45, 2.75) is 31.8 Å². The summed E-state index contributed by atoms with van der Waals surface area (Å²) in [6.45, 7) is 2.22. The zero-order chi connectivity index (χ0) is 8.39. The first-order valence-corrected chi connectivity index (χ1v) is 4.90. The zero-order valence-electron chi connectivity index (χ0n) is 7.41. The Morgan fingerprint density at radius 2 is 2.08 bits per heavy atom. The summed E-state index contributed by atoms with van der Waals surface area (Å²) in [6.07, 6.45) is 5.18. The second kappa shape index (κ2) is 3.73. The van der Waals surface area contributed by atoms with Crippen molar-refractivity contribution in [1.29, 1.82) is 0 Å². The van der Waals surface area contributed by atoms with Crippen LogP contribution in [0.3, 0.4) is 0 Å². The first-order chi connectivity index (χ1) is 5.84. The molecule has 2 rings (SSSR count). The minimum Gasteiger partial charge on any atom is -0.389 e. The van der Waals surface area contributed by atoms with Gasteiger partial charge >= 0.3 is 0 Å². The smallest absolute Gasteiger partial charge is 0.0958 e. The van der Waals surface area contributed by atoms with Crippen molar-refractivity contribution >= 4 is 0 Å². The van der Waals surface area contributed by atoms with Gasteiger partial charge in [0.2, 0.25) is 0 Å². The summed E-state index contributed by atoms with van der Waals surface area (Å²) in [4.78, 5) is 5.31. The molecule has 0 aromatic heterocycles. The number of β-amino-alcohol motifs (C(OH)–C–C–N with tert-alkyl or cyclic N) is 1. The second-order valence-electron chi connectivity index (χ2n) is 3.95. The number of aliphatic hydroxyl groups excluding tert-OH is 1. The van der Waals surface area contributed by atoms with Gasteiger partial charge in [0.1, 0.15) is 0 Å². The van der Waals surface area contributed by atoms with Crippen molar-refractivity contribution in [2.75, 3.05) is 19.7 Å². The van der Waals surface area contributed by atoms with E-state index in [1.807, 2.05) is 5.06 Å². The van der Waals surface area contributed by atoms with Crippen LogP contribution in [0.4, 0.5) is 0 Å². The summed E-state index contributed by atoms with van der Waals surface area (Å²) in [6, 6.07) is 0. The lowest BCUT2D eigenvalue weighted by molar-refractivity contribution is -0.118. The molecule has 0 unspecified atom stereocenters. The third-order valence-corrected chi connectivity index (χ3v) is 2.80. The Morgan fingerprint density at radius 3 is 2.67 bits per heavy atom. The molecule has 1 saturated heterocycles. The van der Waals surface area contributed by atoms with E-state index in [4.69, 9.17) is 4.84 Å². The highest BCUT2D eigenvalue weighted by Gasteiger charge is 2.25. The molecule has 1 atom stereocenters. The van der Waals surface area contributed by atoms with Crippen molar-refractivity contribution in [3.8, 4) is 0 Å². The monoisotopic (exact) mass is 171 g/mol. The molecule has 0 aromatic carbocycles. The predicted molar refractivity (Wildman–Crippen MR) is 45.5 cm³/mol. The minimum atomic E-state index is -0.258. The van der Waals surface area contributed by atoms with Gasteiger partial charge in [-0.2, -0.15) is 5.06 Å². The fraction of sp³-hybridized carbons (Fsp3) is 1.00. The SMILES string of the molecule is O[C@@H]1CON(CC2CCCC2)C1. The van der Waals surface area contributed by atoms with Crippen LogP contribution in [0, 0.1) is 5.92 Å². The summed E-state index contributed by atoms with van der Waals surface area (Å²) in [5.74, 6) is 0.815. The standard InChI is InChI=1S/C9H17NO2/c11-9-6-10(12-7-9)5-8-3-1-2-4-8/h8-9,11H,1-7H2/t9-/m0/s1. The molecule has 0 bridgehead atoms. The molecule has 1 saturated carbocycles. The van der Waals surface area contributed by atoms with Crippen LogP contribution in [0.15, 0.2) is 0 Å². The maximum Gasteiger partial charge on any atom is 0.0958 e. The Balaban J connectivity index is 1.72. The van der Waals surface area contributed by atoms with Gasteiger partial charge in [-0.05, 0) is 18.8 Å².